The van der Waals surface area contributed by atoms with E-state index in [0.29, 0.717) is 6.04 Å². The second-order valence-corrected chi connectivity index (χ2v) is 5.94. The molecule has 1 aliphatic rings. The summed E-state index contributed by atoms with van der Waals surface area (Å²) in [6.07, 6.45) is 4.46. The molecule has 16 heavy (non-hydrogen) atoms. The van der Waals surface area contributed by atoms with Gasteiger partial charge in [-0.3, -0.25) is 9.59 Å². The average Bonchev–Trinajstić information content (AvgIpc) is 2.69. The molecule has 0 spiro atoms. The van der Waals surface area contributed by atoms with E-state index >= 15 is 0 Å². The highest BCUT2D eigenvalue weighted by Gasteiger charge is 2.24. The summed E-state index contributed by atoms with van der Waals surface area (Å²) in [7, 11) is 0. The van der Waals surface area contributed by atoms with Crippen LogP contribution in [0.3, 0.4) is 0 Å². The molecule has 2 N–H and O–H groups in total. The maximum atomic E-state index is 11.7. The Kier molecular flexibility index (Phi) is 5.12. The van der Waals surface area contributed by atoms with Crippen LogP contribution >= 0.6 is 11.8 Å². The zero-order chi connectivity index (χ0) is 12.1. The van der Waals surface area contributed by atoms with E-state index in [9.17, 15) is 9.59 Å². The van der Waals surface area contributed by atoms with Gasteiger partial charge in [0, 0.05) is 6.04 Å². The van der Waals surface area contributed by atoms with Crippen LogP contribution in [0.5, 0.6) is 0 Å². The van der Waals surface area contributed by atoms with Crippen LogP contribution < -0.4 is 5.32 Å². The lowest BCUT2D eigenvalue weighted by molar-refractivity contribution is -0.136. The minimum atomic E-state index is -0.870. The van der Waals surface area contributed by atoms with Gasteiger partial charge in [-0.2, -0.15) is 0 Å². The van der Waals surface area contributed by atoms with E-state index in [1.54, 1.807) is 13.8 Å². The minimum absolute atomic E-state index is 0.0370. The number of carbonyl (C=O) groups excluding carboxylic acids is 1. The van der Waals surface area contributed by atoms with Crippen molar-refractivity contribution in [3.63, 3.8) is 0 Å². The molecule has 0 saturated heterocycles. The van der Waals surface area contributed by atoms with E-state index < -0.39 is 11.2 Å². The third kappa shape index (κ3) is 4.04. The van der Waals surface area contributed by atoms with Crippen LogP contribution in [0.1, 0.15) is 39.5 Å². The van der Waals surface area contributed by atoms with E-state index in [1.807, 2.05) is 0 Å². The number of carboxylic acids is 1. The van der Waals surface area contributed by atoms with Gasteiger partial charge in [0.05, 0.1) is 5.25 Å². The molecule has 4 nitrogen and oxygen atoms in total. The fourth-order valence-electron chi connectivity index (χ4n) is 1.81. The monoisotopic (exact) mass is 245 g/mol. The van der Waals surface area contributed by atoms with E-state index in [0.717, 1.165) is 12.8 Å². The Hall–Kier alpha value is -0.710. The first-order chi connectivity index (χ1) is 7.50. The number of nitrogens with one attached hydrogen (secondary N) is 1. The summed E-state index contributed by atoms with van der Waals surface area (Å²) in [6.45, 7) is 3.36. The van der Waals surface area contributed by atoms with Crippen LogP contribution in [0, 0.1) is 0 Å². The number of amides is 1. The maximum Gasteiger partial charge on any atom is 0.316 e. The molecule has 1 rings (SSSR count). The summed E-state index contributed by atoms with van der Waals surface area (Å²) < 4.78 is 0. The first-order valence-electron chi connectivity index (χ1n) is 5.69. The van der Waals surface area contributed by atoms with Crippen molar-refractivity contribution in [3.05, 3.63) is 0 Å². The van der Waals surface area contributed by atoms with Gasteiger partial charge in [-0.05, 0) is 26.7 Å². The molecular formula is C11H19NO3S. The van der Waals surface area contributed by atoms with Crippen molar-refractivity contribution in [1.82, 2.24) is 5.32 Å². The number of hydrogen-bond acceptors (Lipinski definition) is 3. The second kappa shape index (κ2) is 6.13. The van der Waals surface area contributed by atoms with Crippen LogP contribution in [-0.2, 0) is 9.59 Å². The van der Waals surface area contributed by atoms with Gasteiger partial charge in [0.1, 0.15) is 5.25 Å². The Morgan fingerprint density at radius 1 is 1.25 bits per heavy atom. The average molecular weight is 245 g/mol. The number of carboxylic acid groups (broad SMARTS) is 1. The van der Waals surface area contributed by atoms with Gasteiger partial charge in [0.2, 0.25) is 5.91 Å². The Labute approximate surface area is 100 Å². The third-order valence-corrected chi connectivity index (χ3v) is 4.06. The van der Waals surface area contributed by atoms with Crippen molar-refractivity contribution in [1.29, 1.82) is 0 Å². The van der Waals surface area contributed by atoms with E-state index in [-0.39, 0.29) is 11.2 Å². The zero-order valence-corrected chi connectivity index (χ0v) is 10.5. The predicted molar refractivity (Wildman–Crippen MR) is 64.5 cm³/mol. The smallest absolute Gasteiger partial charge is 0.316 e. The lowest BCUT2D eigenvalue weighted by atomic mass is 10.2. The summed E-state index contributed by atoms with van der Waals surface area (Å²) in [5, 5.41) is 10.9. The van der Waals surface area contributed by atoms with Crippen LogP contribution in [0.15, 0.2) is 0 Å². The lowest BCUT2D eigenvalue weighted by Crippen LogP contribution is -2.38. The Balaban J connectivity index is 2.32. The molecule has 0 bridgehead atoms. The predicted octanol–water partition coefficient (Wildman–Crippen LogP) is 1.64. The summed E-state index contributed by atoms with van der Waals surface area (Å²) in [4.78, 5) is 22.4. The molecule has 0 aromatic heterocycles. The van der Waals surface area contributed by atoms with Gasteiger partial charge in [-0.25, -0.2) is 0 Å². The molecule has 5 heteroatoms. The van der Waals surface area contributed by atoms with E-state index in [1.165, 1.54) is 24.6 Å². The highest BCUT2D eigenvalue weighted by Crippen LogP contribution is 2.21. The molecule has 2 atom stereocenters. The van der Waals surface area contributed by atoms with Crippen molar-refractivity contribution in [3.8, 4) is 0 Å². The number of hydrogen-bond donors (Lipinski definition) is 2. The SMILES string of the molecule is CC(SC(C)C(=O)NC1CCCC1)C(=O)O. The van der Waals surface area contributed by atoms with E-state index in [4.69, 9.17) is 5.11 Å². The van der Waals surface area contributed by atoms with Gasteiger partial charge in [0.25, 0.3) is 0 Å². The number of thioether (sulfide) groups is 1. The molecule has 1 aliphatic carbocycles. The van der Waals surface area contributed by atoms with E-state index in [2.05, 4.69) is 5.32 Å². The standard InChI is InChI=1S/C11H19NO3S/c1-7(16-8(2)11(14)15)10(13)12-9-5-3-4-6-9/h7-9H,3-6H2,1-2H3,(H,12,13)(H,14,15). The van der Waals surface area contributed by atoms with Gasteiger partial charge in [0.15, 0.2) is 0 Å². The molecule has 0 aliphatic heterocycles. The normalized spacial score (nSPS) is 20.4. The topological polar surface area (TPSA) is 66.4 Å². The number of aliphatic carboxylic acids is 1. The second-order valence-electron chi connectivity index (χ2n) is 4.25. The Bertz CT molecular complexity index is 264. The molecule has 0 aromatic carbocycles. The quantitative estimate of drug-likeness (QED) is 0.772. The maximum absolute atomic E-state index is 11.7. The number of rotatable bonds is 5. The Morgan fingerprint density at radius 2 is 1.81 bits per heavy atom. The zero-order valence-electron chi connectivity index (χ0n) is 9.73. The van der Waals surface area contributed by atoms with Crippen LogP contribution in [0.2, 0.25) is 0 Å². The van der Waals surface area contributed by atoms with Crippen molar-refractivity contribution < 1.29 is 14.7 Å². The van der Waals surface area contributed by atoms with Crippen LogP contribution in [0.4, 0.5) is 0 Å². The summed E-state index contributed by atoms with van der Waals surface area (Å²) >= 11 is 1.19. The van der Waals surface area contributed by atoms with Crippen molar-refractivity contribution in [2.75, 3.05) is 0 Å². The summed E-state index contributed by atoms with van der Waals surface area (Å²) in [6, 6.07) is 0.302. The van der Waals surface area contributed by atoms with Crippen molar-refractivity contribution in [2.45, 2.75) is 56.1 Å². The Morgan fingerprint density at radius 3 is 2.31 bits per heavy atom. The summed E-state index contributed by atoms with van der Waals surface area (Å²) in [5.41, 5.74) is 0. The van der Waals surface area contributed by atoms with Gasteiger partial charge < -0.3 is 10.4 Å². The molecule has 0 heterocycles. The fourth-order valence-corrected chi connectivity index (χ4v) is 2.74. The summed E-state index contributed by atoms with van der Waals surface area (Å²) in [5.74, 6) is -0.907. The molecule has 1 saturated carbocycles. The highest BCUT2D eigenvalue weighted by atomic mass is 32.2. The van der Waals surface area contributed by atoms with Crippen LogP contribution in [-0.4, -0.2) is 33.5 Å². The molecule has 2 unspecified atom stereocenters. The first kappa shape index (κ1) is 13.4. The third-order valence-electron chi connectivity index (χ3n) is 2.83. The molecule has 0 aromatic rings. The molecule has 92 valence electrons. The number of carbonyl (C=O) groups is 2. The lowest BCUT2D eigenvalue weighted by Gasteiger charge is -2.17. The van der Waals surface area contributed by atoms with Gasteiger partial charge in [-0.15, -0.1) is 11.8 Å². The molecule has 1 amide bonds. The molecule has 0 radical (unpaired) electrons. The van der Waals surface area contributed by atoms with Crippen molar-refractivity contribution in [2.24, 2.45) is 0 Å². The minimum Gasteiger partial charge on any atom is -0.480 e. The van der Waals surface area contributed by atoms with Crippen molar-refractivity contribution >= 4 is 23.6 Å². The fraction of sp³-hybridized carbons (Fsp3) is 0.818. The largest absolute Gasteiger partial charge is 0.480 e. The highest BCUT2D eigenvalue weighted by molar-refractivity contribution is 8.01. The molecular weight excluding hydrogens is 226 g/mol. The van der Waals surface area contributed by atoms with Crippen LogP contribution in [0.25, 0.3) is 0 Å². The van der Waals surface area contributed by atoms with Gasteiger partial charge >= 0.3 is 5.97 Å². The first-order valence-corrected chi connectivity index (χ1v) is 6.63. The van der Waals surface area contributed by atoms with Gasteiger partial charge in [-0.1, -0.05) is 12.8 Å². The molecule has 1 fully saturated rings.